The average Bonchev–Trinajstić information content (AvgIpc) is 2.95. The lowest BCUT2D eigenvalue weighted by Gasteiger charge is -2.23. The fraction of sp³-hybridized carbons (Fsp3) is 0.946. The van der Waals surface area contributed by atoms with Crippen LogP contribution in [0.3, 0.4) is 0 Å². The molecule has 0 rings (SSSR count). The van der Waals surface area contributed by atoms with E-state index in [1.807, 2.05) is 20.8 Å². The molecule has 43 heavy (non-hydrogen) atoms. The van der Waals surface area contributed by atoms with Crippen LogP contribution >= 0.6 is 0 Å². The van der Waals surface area contributed by atoms with Crippen molar-refractivity contribution in [1.29, 1.82) is 0 Å². The summed E-state index contributed by atoms with van der Waals surface area (Å²) in [6.07, 6.45) is 26.0. The van der Waals surface area contributed by atoms with Gasteiger partial charge in [-0.2, -0.15) is 0 Å². The number of rotatable bonds is 30. The van der Waals surface area contributed by atoms with Crippen molar-refractivity contribution in [2.45, 2.75) is 188 Å². The van der Waals surface area contributed by atoms with Crippen LogP contribution < -0.4 is 5.32 Å². The van der Waals surface area contributed by atoms with Crippen LogP contribution in [-0.4, -0.2) is 55.3 Å². The summed E-state index contributed by atoms with van der Waals surface area (Å²) in [6, 6.07) is 0. The molecule has 1 amide bonds. The minimum atomic E-state index is -0.459. The number of carbonyl (C=O) groups is 2. The van der Waals surface area contributed by atoms with E-state index in [2.05, 4.69) is 31.0 Å². The quantitative estimate of drug-likeness (QED) is 0.0647. The average molecular weight is 611 g/mol. The van der Waals surface area contributed by atoms with Crippen LogP contribution in [0.25, 0.3) is 0 Å². The van der Waals surface area contributed by atoms with Crippen molar-refractivity contribution >= 4 is 12.1 Å². The van der Waals surface area contributed by atoms with E-state index in [0.29, 0.717) is 25.5 Å². The first-order valence-corrected chi connectivity index (χ1v) is 18.6. The Morgan fingerprint density at radius 1 is 0.628 bits per heavy atom. The zero-order valence-corrected chi connectivity index (χ0v) is 29.7. The number of hydrogen-bond donors (Lipinski definition) is 1. The molecule has 0 unspecified atom stereocenters. The van der Waals surface area contributed by atoms with Gasteiger partial charge in [0, 0.05) is 13.0 Å². The van der Waals surface area contributed by atoms with Crippen LogP contribution in [0.4, 0.5) is 4.79 Å². The van der Waals surface area contributed by atoms with Crippen molar-refractivity contribution in [3.8, 4) is 0 Å². The van der Waals surface area contributed by atoms with Crippen LogP contribution in [0.2, 0.25) is 0 Å². The molecule has 0 aliphatic rings. The number of nitrogens with one attached hydrogen (secondary N) is 1. The number of nitrogens with zero attached hydrogens (tertiary/aromatic N) is 1. The van der Waals surface area contributed by atoms with E-state index in [9.17, 15) is 9.59 Å². The predicted molar refractivity (Wildman–Crippen MR) is 184 cm³/mol. The first-order valence-electron chi connectivity index (χ1n) is 18.6. The van der Waals surface area contributed by atoms with Crippen LogP contribution in [0.5, 0.6) is 0 Å². The van der Waals surface area contributed by atoms with Crippen molar-refractivity contribution in [3.63, 3.8) is 0 Å². The van der Waals surface area contributed by atoms with Crippen LogP contribution in [-0.2, 0) is 14.3 Å². The van der Waals surface area contributed by atoms with Crippen molar-refractivity contribution in [2.24, 2.45) is 5.92 Å². The highest BCUT2D eigenvalue weighted by Gasteiger charge is 2.16. The third kappa shape index (κ3) is 30.5. The van der Waals surface area contributed by atoms with E-state index in [1.165, 1.54) is 109 Å². The van der Waals surface area contributed by atoms with E-state index in [4.69, 9.17) is 9.47 Å². The normalized spacial score (nSPS) is 11.8. The minimum absolute atomic E-state index is 0.00836. The van der Waals surface area contributed by atoms with Gasteiger partial charge < -0.3 is 19.7 Å². The molecule has 0 heterocycles. The molecule has 0 bridgehead atoms. The van der Waals surface area contributed by atoms with Gasteiger partial charge in [-0.15, -0.1) is 0 Å². The molecule has 0 aliphatic carbocycles. The maximum atomic E-state index is 12.3. The number of alkyl carbamates (subject to hydrolysis) is 1. The largest absolute Gasteiger partial charge is 0.466 e. The van der Waals surface area contributed by atoms with Gasteiger partial charge in [0.1, 0.15) is 5.60 Å². The molecule has 6 nitrogen and oxygen atoms in total. The summed E-state index contributed by atoms with van der Waals surface area (Å²) in [5, 5.41) is 2.90. The van der Waals surface area contributed by atoms with E-state index in [1.54, 1.807) is 0 Å². The second-order valence-corrected chi connectivity index (χ2v) is 13.8. The first kappa shape index (κ1) is 41.7. The molecule has 0 aromatic carbocycles. The number of ether oxygens (including phenoxy) is 2. The molecular formula is C37H74N2O4. The summed E-state index contributed by atoms with van der Waals surface area (Å²) in [5.41, 5.74) is -0.459. The molecule has 0 aromatic heterocycles. The van der Waals surface area contributed by atoms with Gasteiger partial charge >= 0.3 is 12.1 Å². The standard InChI is InChI=1S/C37H74N2O4/c1-7-10-13-14-17-22-30-39(32-24-29-38-36(41)43-37(4,5)6)31-23-18-15-16-21-27-35(40)42-33-28-34(25-19-11-8-2)26-20-12-9-3/h34H,7-33H2,1-6H3,(H,38,41). The highest BCUT2D eigenvalue weighted by atomic mass is 16.6. The zero-order valence-electron chi connectivity index (χ0n) is 29.7. The Morgan fingerprint density at radius 2 is 1.12 bits per heavy atom. The second-order valence-electron chi connectivity index (χ2n) is 13.8. The van der Waals surface area contributed by atoms with Gasteiger partial charge in [-0.25, -0.2) is 4.79 Å². The molecule has 0 atom stereocenters. The Hall–Kier alpha value is -1.30. The van der Waals surface area contributed by atoms with E-state index < -0.39 is 5.60 Å². The molecule has 0 aromatic rings. The lowest BCUT2D eigenvalue weighted by atomic mass is 9.92. The predicted octanol–water partition coefficient (Wildman–Crippen LogP) is 10.6. The number of carbonyl (C=O) groups excluding carboxylic acids is 2. The number of amides is 1. The van der Waals surface area contributed by atoms with Crippen molar-refractivity contribution in [3.05, 3.63) is 0 Å². The zero-order chi connectivity index (χ0) is 32.0. The van der Waals surface area contributed by atoms with Gasteiger partial charge in [0.15, 0.2) is 0 Å². The topological polar surface area (TPSA) is 67.9 Å². The summed E-state index contributed by atoms with van der Waals surface area (Å²) in [6.45, 7) is 17.0. The maximum absolute atomic E-state index is 12.3. The van der Waals surface area contributed by atoms with Crippen LogP contribution in [0, 0.1) is 5.92 Å². The molecule has 1 N–H and O–H groups in total. The summed E-state index contributed by atoms with van der Waals surface area (Å²) in [4.78, 5) is 26.8. The lowest BCUT2D eigenvalue weighted by Crippen LogP contribution is -2.35. The molecule has 6 heteroatoms. The second kappa shape index (κ2) is 29.4. The molecule has 0 radical (unpaired) electrons. The highest BCUT2D eigenvalue weighted by molar-refractivity contribution is 5.69. The third-order valence-corrected chi connectivity index (χ3v) is 8.22. The molecular weight excluding hydrogens is 536 g/mol. The molecule has 256 valence electrons. The summed E-state index contributed by atoms with van der Waals surface area (Å²) in [7, 11) is 0. The Bertz CT molecular complexity index is 625. The number of unbranched alkanes of at least 4 members (excludes halogenated alkanes) is 13. The number of esters is 1. The Morgan fingerprint density at radius 3 is 1.67 bits per heavy atom. The Labute approximate surface area is 268 Å². The van der Waals surface area contributed by atoms with Crippen molar-refractivity contribution in [1.82, 2.24) is 10.2 Å². The highest BCUT2D eigenvalue weighted by Crippen LogP contribution is 2.21. The smallest absolute Gasteiger partial charge is 0.407 e. The molecule has 0 fully saturated rings. The SMILES string of the molecule is CCCCCCCCN(CCCCCCCC(=O)OCCC(CCCCC)CCCCC)CCCNC(=O)OC(C)(C)C. The number of hydrogen-bond acceptors (Lipinski definition) is 5. The van der Waals surface area contributed by atoms with Crippen LogP contribution in [0.1, 0.15) is 183 Å². The Balaban J connectivity index is 4.15. The fourth-order valence-electron chi connectivity index (χ4n) is 5.60. The minimum Gasteiger partial charge on any atom is -0.466 e. The lowest BCUT2D eigenvalue weighted by molar-refractivity contribution is -0.144. The molecule has 0 saturated carbocycles. The van der Waals surface area contributed by atoms with Gasteiger partial charge in [0.2, 0.25) is 0 Å². The van der Waals surface area contributed by atoms with Gasteiger partial charge in [0.25, 0.3) is 0 Å². The van der Waals surface area contributed by atoms with E-state index in [-0.39, 0.29) is 12.1 Å². The molecule has 0 spiro atoms. The van der Waals surface area contributed by atoms with Gasteiger partial charge in [-0.05, 0) is 78.4 Å². The van der Waals surface area contributed by atoms with E-state index >= 15 is 0 Å². The summed E-state index contributed by atoms with van der Waals surface area (Å²) < 4.78 is 11.0. The summed E-state index contributed by atoms with van der Waals surface area (Å²) in [5.74, 6) is 0.707. The molecule has 0 saturated heterocycles. The van der Waals surface area contributed by atoms with Gasteiger partial charge in [0.05, 0.1) is 6.61 Å². The monoisotopic (exact) mass is 611 g/mol. The Kier molecular flexibility index (Phi) is 28.5. The maximum Gasteiger partial charge on any atom is 0.407 e. The summed E-state index contributed by atoms with van der Waals surface area (Å²) >= 11 is 0. The van der Waals surface area contributed by atoms with Gasteiger partial charge in [-0.1, -0.05) is 124 Å². The van der Waals surface area contributed by atoms with Gasteiger partial charge in [-0.3, -0.25) is 4.79 Å². The van der Waals surface area contributed by atoms with E-state index in [0.717, 1.165) is 45.3 Å². The molecule has 0 aliphatic heterocycles. The van der Waals surface area contributed by atoms with Crippen molar-refractivity contribution in [2.75, 3.05) is 32.8 Å². The fourth-order valence-corrected chi connectivity index (χ4v) is 5.60. The first-order chi connectivity index (χ1) is 20.7. The third-order valence-electron chi connectivity index (χ3n) is 8.22. The van der Waals surface area contributed by atoms with Crippen molar-refractivity contribution < 1.29 is 19.1 Å². The van der Waals surface area contributed by atoms with Crippen LogP contribution in [0.15, 0.2) is 0 Å².